The second kappa shape index (κ2) is 6.51. The minimum atomic E-state index is -0.561. The summed E-state index contributed by atoms with van der Waals surface area (Å²) in [7, 11) is 1.61. The lowest BCUT2D eigenvalue weighted by Gasteiger charge is -2.31. The zero-order chi connectivity index (χ0) is 18.1. The molecule has 2 aromatic carbocycles. The molecule has 1 aliphatic heterocycles. The molecule has 0 radical (unpaired) electrons. The third-order valence-corrected chi connectivity index (χ3v) is 4.18. The molecule has 0 N–H and O–H groups in total. The van der Waals surface area contributed by atoms with Crippen LogP contribution in [0.5, 0.6) is 11.5 Å². The monoisotopic (exact) mass is 351 g/mol. The highest BCUT2D eigenvalue weighted by molar-refractivity contribution is 5.99. The molecule has 7 nitrogen and oxygen atoms in total. The van der Waals surface area contributed by atoms with E-state index in [4.69, 9.17) is 14.0 Å². The highest BCUT2D eigenvalue weighted by atomic mass is 16.5. The van der Waals surface area contributed by atoms with Gasteiger partial charge in [-0.05, 0) is 43.3 Å². The fourth-order valence-corrected chi connectivity index (χ4v) is 2.83. The Morgan fingerprint density at radius 2 is 1.92 bits per heavy atom. The smallest absolute Gasteiger partial charge is 0.268 e. The second-order valence-electron chi connectivity index (χ2n) is 5.89. The summed E-state index contributed by atoms with van der Waals surface area (Å²) in [6.45, 7) is 1.91. The van der Waals surface area contributed by atoms with Crippen molar-refractivity contribution in [1.29, 1.82) is 0 Å². The van der Waals surface area contributed by atoms with Gasteiger partial charge in [0.1, 0.15) is 18.0 Å². The molecule has 4 rings (SSSR count). The Bertz CT molecular complexity index is 936. The molecular weight excluding hydrogens is 334 g/mol. The number of hydrogen-bond donors (Lipinski definition) is 0. The predicted octanol–water partition coefficient (Wildman–Crippen LogP) is 3.06. The van der Waals surface area contributed by atoms with Crippen molar-refractivity contribution < 1.29 is 18.8 Å². The van der Waals surface area contributed by atoms with Crippen molar-refractivity contribution in [2.24, 2.45) is 0 Å². The lowest BCUT2D eigenvalue weighted by atomic mass is 10.2. The van der Waals surface area contributed by atoms with Crippen molar-refractivity contribution in [3.05, 3.63) is 54.4 Å². The predicted molar refractivity (Wildman–Crippen MR) is 94.0 cm³/mol. The van der Waals surface area contributed by atoms with Crippen LogP contribution in [0.15, 0.2) is 53.1 Å². The van der Waals surface area contributed by atoms with Crippen molar-refractivity contribution in [1.82, 2.24) is 10.1 Å². The fraction of sp³-hybridized carbons (Fsp3) is 0.211. The summed E-state index contributed by atoms with van der Waals surface area (Å²) in [6, 6.07) is 14.8. The van der Waals surface area contributed by atoms with Crippen molar-refractivity contribution >= 4 is 11.6 Å². The Labute approximate surface area is 150 Å². The number of nitrogens with zero attached hydrogens (tertiary/aromatic N) is 3. The number of anilines is 1. The highest BCUT2D eigenvalue weighted by Gasteiger charge is 2.32. The van der Waals surface area contributed by atoms with Crippen LogP contribution in [0.25, 0.3) is 11.4 Å². The van der Waals surface area contributed by atoms with E-state index in [-0.39, 0.29) is 12.5 Å². The molecule has 0 saturated heterocycles. The molecule has 1 aromatic heterocycles. The summed E-state index contributed by atoms with van der Waals surface area (Å²) in [6.07, 6.45) is -0.561. The van der Waals surface area contributed by atoms with Crippen molar-refractivity contribution in [3.63, 3.8) is 0 Å². The molecule has 1 aliphatic rings. The Morgan fingerprint density at radius 3 is 2.69 bits per heavy atom. The number of fused-ring (bicyclic) bond motifs is 1. The van der Waals surface area contributed by atoms with E-state index in [2.05, 4.69) is 10.1 Å². The number of rotatable bonds is 4. The van der Waals surface area contributed by atoms with Crippen LogP contribution in [0.2, 0.25) is 0 Å². The third kappa shape index (κ3) is 2.88. The van der Waals surface area contributed by atoms with E-state index in [9.17, 15) is 4.79 Å². The molecule has 0 fully saturated rings. The van der Waals surface area contributed by atoms with Gasteiger partial charge in [-0.2, -0.15) is 4.98 Å². The summed E-state index contributed by atoms with van der Waals surface area (Å²) in [5, 5.41) is 4.01. The molecule has 1 atom stereocenters. The van der Waals surface area contributed by atoms with Gasteiger partial charge in [0, 0.05) is 5.56 Å². The summed E-state index contributed by atoms with van der Waals surface area (Å²) < 4.78 is 16.1. The Hall–Kier alpha value is -3.35. The van der Waals surface area contributed by atoms with E-state index in [1.54, 1.807) is 18.9 Å². The SMILES string of the molecule is COc1ccc(-c2noc(CN3C(=O)C(C)Oc4ccccc43)n2)cc1. The number of amides is 1. The normalized spacial score (nSPS) is 16.2. The van der Waals surface area contributed by atoms with Crippen LogP contribution in [-0.2, 0) is 11.3 Å². The van der Waals surface area contributed by atoms with E-state index in [1.807, 2.05) is 48.5 Å². The third-order valence-electron chi connectivity index (χ3n) is 4.18. The highest BCUT2D eigenvalue weighted by Crippen LogP contribution is 2.34. The van der Waals surface area contributed by atoms with Crippen molar-refractivity contribution in [2.75, 3.05) is 12.0 Å². The molecule has 1 unspecified atom stereocenters. The first-order valence-corrected chi connectivity index (χ1v) is 8.20. The van der Waals surface area contributed by atoms with Gasteiger partial charge in [0.05, 0.1) is 12.8 Å². The van der Waals surface area contributed by atoms with Crippen LogP contribution < -0.4 is 14.4 Å². The minimum Gasteiger partial charge on any atom is -0.497 e. The van der Waals surface area contributed by atoms with E-state index in [0.717, 1.165) is 11.3 Å². The van der Waals surface area contributed by atoms with E-state index >= 15 is 0 Å². The van der Waals surface area contributed by atoms with Crippen LogP contribution in [0.1, 0.15) is 12.8 Å². The van der Waals surface area contributed by atoms with Crippen LogP contribution in [0.4, 0.5) is 5.69 Å². The first kappa shape index (κ1) is 16.1. The molecule has 0 spiro atoms. The number of carbonyl (C=O) groups is 1. The topological polar surface area (TPSA) is 77.7 Å². The van der Waals surface area contributed by atoms with Crippen molar-refractivity contribution in [3.8, 4) is 22.9 Å². The maximum atomic E-state index is 12.5. The summed E-state index contributed by atoms with van der Waals surface area (Å²) in [5.41, 5.74) is 1.50. The number of carbonyl (C=O) groups excluding carboxylic acids is 1. The van der Waals surface area contributed by atoms with Crippen LogP contribution in [0, 0.1) is 0 Å². The molecule has 26 heavy (non-hydrogen) atoms. The van der Waals surface area contributed by atoms with Crippen LogP contribution in [0.3, 0.4) is 0 Å². The molecule has 0 bridgehead atoms. The standard InChI is InChI=1S/C19H17N3O4/c1-12-19(23)22(15-5-3-4-6-16(15)25-12)11-17-20-18(21-26-17)13-7-9-14(24-2)10-8-13/h3-10,12H,11H2,1-2H3. The molecule has 2 heterocycles. The van der Waals surface area contributed by atoms with Gasteiger partial charge < -0.3 is 14.0 Å². The minimum absolute atomic E-state index is 0.145. The molecule has 3 aromatic rings. The quantitative estimate of drug-likeness (QED) is 0.719. The maximum absolute atomic E-state index is 12.5. The number of aromatic nitrogens is 2. The largest absolute Gasteiger partial charge is 0.497 e. The van der Waals surface area contributed by atoms with Gasteiger partial charge >= 0.3 is 0 Å². The Kier molecular flexibility index (Phi) is 4.04. The Balaban J connectivity index is 1.59. The average Bonchev–Trinajstić information content (AvgIpc) is 3.14. The molecule has 0 aliphatic carbocycles. The number of ether oxygens (including phenoxy) is 2. The van der Waals surface area contributed by atoms with Crippen molar-refractivity contribution in [2.45, 2.75) is 19.6 Å². The number of benzene rings is 2. The molecule has 1 amide bonds. The van der Waals surface area contributed by atoms with Crippen LogP contribution in [-0.4, -0.2) is 29.3 Å². The van der Waals surface area contributed by atoms with Crippen LogP contribution >= 0.6 is 0 Å². The van der Waals surface area contributed by atoms with E-state index < -0.39 is 6.10 Å². The van der Waals surface area contributed by atoms with Gasteiger partial charge in [-0.3, -0.25) is 9.69 Å². The first-order chi connectivity index (χ1) is 12.7. The Morgan fingerprint density at radius 1 is 1.15 bits per heavy atom. The van der Waals surface area contributed by atoms with Gasteiger partial charge in [0.25, 0.3) is 5.91 Å². The molecule has 0 saturated carbocycles. The molecule has 132 valence electrons. The molecule has 7 heteroatoms. The number of hydrogen-bond acceptors (Lipinski definition) is 6. The number of methoxy groups -OCH3 is 1. The van der Waals surface area contributed by atoms with Gasteiger partial charge in [0.2, 0.25) is 11.7 Å². The van der Waals surface area contributed by atoms with E-state index in [1.165, 1.54) is 0 Å². The van der Waals surface area contributed by atoms with E-state index in [0.29, 0.717) is 23.2 Å². The fourth-order valence-electron chi connectivity index (χ4n) is 2.83. The van der Waals surface area contributed by atoms with Gasteiger partial charge in [-0.15, -0.1) is 0 Å². The second-order valence-corrected chi connectivity index (χ2v) is 5.89. The first-order valence-electron chi connectivity index (χ1n) is 8.20. The zero-order valence-electron chi connectivity index (χ0n) is 14.4. The van der Waals surface area contributed by atoms with Gasteiger partial charge in [-0.1, -0.05) is 17.3 Å². The van der Waals surface area contributed by atoms with Gasteiger partial charge in [-0.25, -0.2) is 0 Å². The van der Waals surface area contributed by atoms with Gasteiger partial charge in [0.15, 0.2) is 6.10 Å². The lowest BCUT2D eigenvalue weighted by molar-refractivity contribution is -0.125. The summed E-state index contributed by atoms with van der Waals surface area (Å²) in [5.74, 6) is 2.09. The summed E-state index contributed by atoms with van der Waals surface area (Å²) in [4.78, 5) is 18.6. The average molecular weight is 351 g/mol. The number of para-hydroxylation sites is 2. The lowest BCUT2D eigenvalue weighted by Crippen LogP contribution is -2.44. The maximum Gasteiger partial charge on any atom is 0.268 e. The zero-order valence-corrected chi connectivity index (χ0v) is 14.4. The molecular formula is C19H17N3O4. The summed E-state index contributed by atoms with van der Waals surface area (Å²) >= 11 is 0.